The molecule has 0 bridgehead atoms. The first-order valence-electron chi connectivity index (χ1n) is 5.75. The van der Waals surface area contributed by atoms with Crippen LogP contribution in [-0.2, 0) is 0 Å². The zero-order valence-electron chi connectivity index (χ0n) is 9.94. The topological polar surface area (TPSA) is 9.23 Å². The highest BCUT2D eigenvalue weighted by atomic mass is 32.2. The third kappa shape index (κ3) is 4.38. The predicted molar refractivity (Wildman–Crippen MR) is 75.7 cm³/mol. The van der Waals surface area contributed by atoms with Crippen LogP contribution in [0.1, 0.15) is 24.8 Å². The lowest BCUT2D eigenvalue weighted by Crippen LogP contribution is -2.17. The molecule has 0 N–H and O–H groups in total. The lowest BCUT2D eigenvalue weighted by molar-refractivity contribution is -0.274. The van der Waals surface area contributed by atoms with Crippen molar-refractivity contribution in [2.75, 3.05) is 0 Å². The van der Waals surface area contributed by atoms with Crippen LogP contribution >= 0.6 is 25.3 Å². The largest absolute Gasteiger partial charge is 0.573 e. The van der Waals surface area contributed by atoms with Gasteiger partial charge in [-0.05, 0) is 42.5 Å². The monoisotopic (exact) mass is 306 g/mol. The first-order chi connectivity index (χ1) is 8.75. The average Bonchev–Trinajstić information content (AvgIpc) is 2.26. The normalized spacial score (nSPS) is 18.9. The van der Waals surface area contributed by atoms with E-state index in [1.54, 1.807) is 12.1 Å². The summed E-state index contributed by atoms with van der Waals surface area (Å²) in [6, 6.07) is 5.87. The van der Waals surface area contributed by atoms with Gasteiger partial charge in [-0.1, -0.05) is 18.2 Å². The van der Waals surface area contributed by atoms with Crippen molar-refractivity contribution in [1.29, 1.82) is 0 Å². The lowest BCUT2D eigenvalue weighted by atomic mass is 9.93. The van der Waals surface area contributed by atoms with Gasteiger partial charge < -0.3 is 4.74 Å². The Hall–Kier alpha value is -0.750. The highest BCUT2D eigenvalue weighted by Crippen LogP contribution is 2.40. The lowest BCUT2D eigenvalue weighted by Gasteiger charge is -2.28. The van der Waals surface area contributed by atoms with Gasteiger partial charge in [-0.25, -0.2) is 0 Å². The highest BCUT2D eigenvalue weighted by Gasteiger charge is 2.31. The van der Waals surface area contributed by atoms with Crippen LogP contribution in [0.2, 0.25) is 0 Å². The summed E-state index contributed by atoms with van der Waals surface area (Å²) in [5, 5.41) is 0. The summed E-state index contributed by atoms with van der Waals surface area (Å²) in [5.74, 6) is -0.212. The molecule has 19 heavy (non-hydrogen) atoms. The Morgan fingerprint density at radius 3 is 2.26 bits per heavy atom. The molecule has 2 rings (SSSR count). The van der Waals surface area contributed by atoms with Gasteiger partial charge in [-0.3, -0.25) is 0 Å². The molecule has 0 unspecified atom stereocenters. The third-order valence-corrected chi connectivity index (χ3v) is 3.63. The van der Waals surface area contributed by atoms with Crippen LogP contribution in [0.3, 0.4) is 0 Å². The minimum absolute atomic E-state index is 0.212. The van der Waals surface area contributed by atoms with E-state index in [1.807, 2.05) is 0 Å². The van der Waals surface area contributed by atoms with Gasteiger partial charge in [0.1, 0.15) is 5.75 Å². The molecule has 0 saturated heterocycles. The quantitative estimate of drug-likeness (QED) is 0.594. The number of hydrogen-bond donors (Lipinski definition) is 2. The molecule has 0 radical (unpaired) electrons. The van der Waals surface area contributed by atoms with E-state index in [0.29, 0.717) is 6.42 Å². The molecule has 0 heterocycles. The van der Waals surface area contributed by atoms with Crippen LogP contribution < -0.4 is 4.74 Å². The maximum atomic E-state index is 12.0. The van der Waals surface area contributed by atoms with Crippen molar-refractivity contribution in [2.24, 2.45) is 0 Å². The number of allylic oxidation sites excluding steroid dienone is 2. The Morgan fingerprint density at radius 1 is 1.11 bits per heavy atom. The zero-order chi connectivity index (χ0) is 14.1. The number of hydrogen-bond acceptors (Lipinski definition) is 3. The number of benzene rings is 1. The van der Waals surface area contributed by atoms with E-state index in [9.17, 15) is 13.2 Å². The summed E-state index contributed by atoms with van der Waals surface area (Å²) in [7, 11) is 0. The molecule has 6 heteroatoms. The molecule has 1 aromatic carbocycles. The minimum Gasteiger partial charge on any atom is -0.406 e. The number of rotatable bonds is 2. The van der Waals surface area contributed by atoms with Crippen LogP contribution in [0.5, 0.6) is 5.75 Å². The molecular formula is C13H13F3OS2. The predicted octanol–water partition coefficient (Wildman–Crippen LogP) is 4.71. The highest BCUT2D eigenvalue weighted by molar-refractivity contribution is 8.00. The van der Waals surface area contributed by atoms with Crippen molar-refractivity contribution in [1.82, 2.24) is 0 Å². The first-order valence-corrected chi connectivity index (χ1v) is 6.65. The van der Waals surface area contributed by atoms with Crippen molar-refractivity contribution < 1.29 is 17.9 Å². The van der Waals surface area contributed by atoms with Gasteiger partial charge in [0.05, 0.1) is 4.08 Å². The van der Waals surface area contributed by atoms with Crippen molar-refractivity contribution in [3.05, 3.63) is 35.9 Å². The number of thiol groups is 2. The fourth-order valence-corrected chi connectivity index (χ4v) is 2.63. The standard InChI is InChI=1S/C13H13F3OS2/c14-13(15,16)17-11-5-3-9(4-6-11)10-2-1-7-12(18,19)8-10/h2-6,18-19H,1,7-8H2. The second-order valence-corrected chi connectivity index (χ2v) is 6.56. The van der Waals surface area contributed by atoms with Gasteiger partial charge in [-0.15, -0.1) is 13.2 Å². The summed E-state index contributed by atoms with van der Waals surface area (Å²) >= 11 is 8.91. The molecule has 1 nitrogen and oxygen atoms in total. The van der Waals surface area contributed by atoms with Crippen molar-refractivity contribution in [3.8, 4) is 5.75 Å². The summed E-state index contributed by atoms with van der Waals surface area (Å²) in [6.45, 7) is 0. The van der Waals surface area contributed by atoms with Crippen LogP contribution in [0.15, 0.2) is 30.3 Å². The summed E-state index contributed by atoms with van der Waals surface area (Å²) in [6.07, 6.45) is -0.166. The number of alkyl halides is 3. The summed E-state index contributed by atoms with van der Waals surface area (Å²) in [4.78, 5) is 0. The van der Waals surface area contributed by atoms with Crippen molar-refractivity contribution in [3.63, 3.8) is 0 Å². The Bertz CT molecular complexity index is 478. The van der Waals surface area contributed by atoms with Crippen molar-refractivity contribution in [2.45, 2.75) is 29.7 Å². The first kappa shape index (κ1) is 14.7. The Balaban J connectivity index is 2.13. The molecule has 1 aliphatic rings. The van der Waals surface area contributed by atoms with Gasteiger partial charge in [0.15, 0.2) is 0 Å². The van der Waals surface area contributed by atoms with E-state index in [2.05, 4.69) is 36.1 Å². The van der Waals surface area contributed by atoms with Crippen LogP contribution in [0, 0.1) is 0 Å². The Labute approximate surface area is 120 Å². The molecular weight excluding hydrogens is 293 g/mol. The molecule has 0 aromatic heterocycles. The van der Waals surface area contributed by atoms with E-state index >= 15 is 0 Å². The van der Waals surface area contributed by atoms with Gasteiger partial charge in [0.25, 0.3) is 0 Å². The van der Waals surface area contributed by atoms with Crippen LogP contribution in [-0.4, -0.2) is 10.4 Å². The van der Waals surface area contributed by atoms with Crippen LogP contribution in [0.25, 0.3) is 5.57 Å². The van der Waals surface area contributed by atoms with Crippen LogP contribution in [0.4, 0.5) is 13.2 Å². The van der Waals surface area contributed by atoms with Gasteiger partial charge >= 0.3 is 6.36 Å². The van der Waals surface area contributed by atoms with Gasteiger partial charge in [0, 0.05) is 0 Å². The Kier molecular flexibility index (Phi) is 4.11. The molecule has 0 atom stereocenters. The second kappa shape index (κ2) is 5.32. The molecule has 104 valence electrons. The van der Waals surface area contributed by atoms with E-state index in [1.165, 1.54) is 12.1 Å². The fraction of sp³-hybridized carbons (Fsp3) is 0.385. The van der Waals surface area contributed by atoms with E-state index in [0.717, 1.165) is 24.0 Å². The molecule has 0 amide bonds. The van der Waals surface area contributed by atoms with Gasteiger partial charge in [0.2, 0.25) is 0 Å². The maximum absolute atomic E-state index is 12.0. The molecule has 0 aliphatic heterocycles. The van der Waals surface area contributed by atoms with E-state index in [4.69, 9.17) is 0 Å². The third-order valence-electron chi connectivity index (χ3n) is 2.87. The molecule has 0 fully saturated rings. The molecule has 0 saturated carbocycles. The summed E-state index contributed by atoms with van der Waals surface area (Å²) in [5.41, 5.74) is 1.93. The smallest absolute Gasteiger partial charge is 0.406 e. The van der Waals surface area contributed by atoms with Crippen molar-refractivity contribution >= 4 is 30.8 Å². The minimum atomic E-state index is -4.66. The fourth-order valence-electron chi connectivity index (χ4n) is 2.03. The number of halogens is 3. The average molecular weight is 306 g/mol. The SMILES string of the molecule is FC(F)(F)Oc1ccc(C2=CCCC(S)(S)C2)cc1. The molecule has 0 spiro atoms. The molecule has 1 aromatic rings. The van der Waals surface area contributed by atoms with E-state index < -0.39 is 6.36 Å². The van der Waals surface area contributed by atoms with Gasteiger partial charge in [-0.2, -0.15) is 25.3 Å². The zero-order valence-corrected chi connectivity index (χ0v) is 11.7. The summed E-state index contributed by atoms with van der Waals surface area (Å²) < 4.78 is 39.6. The maximum Gasteiger partial charge on any atom is 0.573 e. The second-order valence-electron chi connectivity index (χ2n) is 4.50. The molecule has 1 aliphatic carbocycles. The number of ether oxygens (including phenoxy) is 1. The van der Waals surface area contributed by atoms with E-state index in [-0.39, 0.29) is 9.83 Å². The Morgan fingerprint density at radius 2 is 1.74 bits per heavy atom.